The van der Waals surface area contributed by atoms with Crippen LogP contribution in [0, 0.1) is 0 Å². The van der Waals surface area contributed by atoms with E-state index in [0.29, 0.717) is 19.6 Å². The average molecular weight is 264 g/mol. The zero-order valence-corrected chi connectivity index (χ0v) is 11.3. The molecule has 1 aromatic carbocycles. The van der Waals surface area contributed by atoms with Crippen LogP contribution in [0.3, 0.4) is 0 Å². The summed E-state index contributed by atoms with van der Waals surface area (Å²) < 4.78 is 4.85. The first-order valence-corrected chi connectivity index (χ1v) is 6.27. The molecule has 0 fully saturated rings. The minimum atomic E-state index is -0.617. The van der Waals surface area contributed by atoms with Crippen molar-refractivity contribution in [2.45, 2.75) is 19.4 Å². The van der Waals surface area contributed by atoms with E-state index in [1.54, 1.807) is 7.11 Å². The molecule has 0 aliphatic heterocycles. The Bertz CT molecular complexity index is 406. The van der Waals surface area contributed by atoms with Crippen LogP contribution >= 0.6 is 0 Å². The summed E-state index contributed by atoms with van der Waals surface area (Å²) in [5.41, 5.74) is 0.961. The Morgan fingerprint density at radius 2 is 1.89 bits per heavy atom. The maximum atomic E-state index is 11.6. The van der Waals surface area contributed by atoms with Gasteiger partial charge in [-0.05, 0) is 18.9 Å². The molecule has 0 aromatic heterocycles. The summed E-state index contributed by atoms with van der Waals surface area (Å²) in [6, 6.07) is 9.30. The van der Waals surface area contributed by atoms with Crippen molar-refractivity contribution in [3.63, 3.8) is 0 Å². The Morgan fingerprint density at radius 3 is 2.53 bits per heavy atom. The highest BCUT2D eigenvalue weighted by atomic mass is 16.5. The molecule has 0 radical (unpaired) electrons. The molecule has 0 unspecified atom stereocenters. The summed E-state index contributed by atoms with van der Waals surface area (Å²) in [4.78, 5) is 23.1. The molecule has 0 heterocycles. The molecule has 0 aliphatic rings. The largest absolute Gasteiger partial charge is 0.385 e. The van der Waals surface area contributed by atoms with Crippen LogP contribution < -0.4 is 10.6 Å². The van der Waals surface area contributed by atoms with Gasteiger partial charge in [0.05, 0.1) is 6.04 Å². The predicted octanol–water partition coefficient (Wildman–Crippen LogP) is 1.02. The fraction of sp³-hybridized carbons (Fsp3) is 0.429. The van der Waals surface area contributed by atoms with E-state index in [4.69, 9.17) is 4.74 Å². The van der Waals surface area contributed by atoms with Crippen LogP contribution in [0.1, 0.15) is 24.9 Å². The Hall–Kier alpha value is -1.88. The molecule has 1 atom stereocenters. The van der Waals surface area contributed by atoms with E-state index >= 15 is 0 Å². The lowest BCUT2D eigenvalue weighted by atomic mass is 10.1. The second-order valence-corrected chi connectivity index (χ2v) is 4.21. The van der Waals surface area contributed by atoms with Gasteiger partial charge in [0.25, 0.3) is 0 Å². The van der Waals surface area contributed by atoms with E-state index in [-0.39, 0.29) is 6.04 Å². The molecule has 5 nitrogen and oxygen atoms in total. The smallest absolute Gasteiger partial charge is 0.309 e. The second-order valence-electron chi connectivity index (χ2n) is 4.21. The lowest BCUT2D eigenvalue weighted by molar-refractivity contribution is -0.139. The zero-order valence-electron chi connectivity index (χ0n) is 11.3. The summed E-state index contributed by atoms with van der Waals surface area (Å²) in [5, 5.41) is 5.20. The van der Waals surface area contributed by atoms with Gasteiger partial charge in [-0.15, -0.1) is 0 Å². The van der Waals surface area contributed by atoms with E-state index in [1.165, 1.54) is 0 Å². The number of rotatable bonds is 6. The highest BCUT2D eigenvalue weighted by molar-refractivity contribution is 6.35. The molecule has 0 bridgehead atoms. The van der Waals surface area contributed by atoms with Gasteiger partial charge in [-0.2, -0.15) is 0 Å². The van der Waals surface area contributed by atoms with Gasteiger partial charge in [0.2, 0.25) is 0 Å². The van der Waals surface area contributed by atoms with Crippen LogP contribution in [0.4, 0.5) is 0 Å². The summed E-state index contributed by atoms with van der Waals surface area (Å²) in [6.45, 7) is 2.83. The van der Waals surface area contributed by atoms with Crippen LogP contribution in [0.25, 0.3) is 0 Å². The van der Waals surface area contributed by atoms with Crippen molar-refractivity contribution >= 4 is 11.8 Å². The Balaban J connectivity index is 2.35. The molecule has 2 N–H and O–H groups in total. The SMILES string of the molecule is COCCCNC(=O)C(=O)N[C@@H](C)c1ccccc1. The van der Waals surface area contributed by atoms with E-state index in [9.17, 15) is 9.59 Å². The molecular weight excluding hydrogens is 244 g/mol. The molecule has 1 aromatic rings. The number of ether oxygens (including phenoxy) is 1. The first-order valence-electron chi connectivity index (χ1n) is 6.27. The maximum absolute atomic E-state index is 11.6. The first-order chi connectivity index (χ1) is 9.15. The minimum Gasteiger partial charge on any atom is -0.385 e. The number of benzene rings is 1. The molecule has 0 aliphatic carbocycles. The van der Waals surface area contributed by atoms with Gasteiger partial charge < -0.3 is 15.4 Å². The van der Waals surface area contributed by atoms with Crippen molar-refractivity contribution in [3.05, 3.63) is 35.9 Å². The van der Waals surface area contributed by atoms with Gasteiger partial charge in [-0.1, -0.05) is 30.3 Å². The fourth-order valence-corrected chi connectivity index (χ4v) is 1.59. The van der Waals surface area contributed by atoms with Gasteiger partial charge in [-0.25, -0.2) is 0 Å². The van der Waals surface area contributed by atoms with Crippen LogP contribution in [-0.4, -0.2) is 32.1 Å². The second kappa shape index (κ2) is 8.26. The van der Waals surface area contributed by atoms with Gasteiger partial charge in [-0.3, -0.25) is 9.59 Å². The Kier molecular flexibility index (Phi) is 6.60. The number of hydrogen-bond acceptors (Lipinski definition) is 3. The highest BCUT2D eigenvalue weighted by Gasteiger charge is 2.16. The standard InChI is InChI=1S/C14H20N2O3/c1-11(12-7-4-3-5-8-12)16-14(18)13(17)15-9-6-10-19-2/h3-5,7-8,11H,6,9-10H2,1-2H3,(H,15,17)(H,16,18)/t11-/m0/s1. The zero-order chi connectivity index (χ0) is 14.1. The number of amides is 2. The van der Waals surface area contributed by atoms with E-state index in [0.717, 1.165) is 5.56 Å². The third-order valence-electron chi connectivity index (χ3n) is 2.66. The van der Waals surface area contributed by atoms with Crippen molar-refractivity contribution < 1.29 is 14.3 Å². The number of hydrogen-bond donors (Lipinski definition) is 2. The number of carbonyl (C=O) groups is 2. The Labute approximate surface area is 113 Å². The summed E-state index contributed by atoms with van der Waals surface area (Å²) in [6.07, 6.45) is 0.684. The lowest BCUT2D eigenvalue weighted by Gasteiger charge is -2.13. The molecule has 5 heteroatoms. The summed E-state index contributed by atoms with van der Waals surface area (Å²) >= 11 is 0. The molecular formula is C14H20N2O3. The number of methoxy groups -OCH3 is 1. The summed E-state index contributed by atoms with van der Waals surface area (Å²) in [7, 11) is 1.59. The minimum absolute atomic E-state index is 0.196. The van der Waals surface area contributed by atoms with E-state index in [2.05, 4.69) is 10.6 Å². The van der Waals surface area contributed by atoms with Crippen molar-refractivity contribution in [2.75, 3.05) is 20.3 Å². The maximum Gasteiger partial charge on any atom is 0.309 e. The number of carbonyl (C=O) groups excluding carboxylic acids is 2. The molecule has 19 heavy (non-hydrogen) atoms. The van der Waals surface area contributed by atoms with Crippen LogP contribution in [0.5, 0.6) is 0 Å². The van der Waals surface area contributed by atoms with Crippen LogP contribution in [-0.2, 0) is 14.3 Å². The van der Waals surface area contributed by atoms with Crippen molar-refractivity contribution in [1.82, 2.24) is 10.6 Å². The first kappa shape index (κ1) is 15.2. The van der Waals surface area contributed by atoms with Crippen LogP contribution in [0.2, 0.25) is 0 Å². The third kappa shape index (κ3) is 5.52. The van der Waals surface area contributed by atoms with Gasteiger partial charge >= 0.3 is 11.8 Å². The lowest BCUT2D eigenvalue weighted by Crippen LogP contribution is -2.41. The van der Waals surface area contributed by atoms with Gasteiger partial charge in [0.15, 0.2) is 0 Å². The van der Waals surface area contributed by atoms with Crippen molar-refractivity contribution in [3.8, 4) is 0 Å². The van der Waals surface area contributed by atoms with Crippen molar-refractivity contribution in [2.24, 2.45) is 0 Å². The van der Waals surface area contributed by atoms with E-state index < -0.39 is 11.8 Å². The molecule has 0 saturated carbocycles. The quantitative estimate of drug-likeness (QED) is 0.595. The van der Waals surface area contributed by atoms with E-state index in [1.807, 2.05) is 37.3 Å². The predicted molar refractivity (Wildman–Crippen MR) is 72.5 cm³/mol. The molecule has 0 saturated heterocycles. The van der Waals surface area contributed by atoms with Gasteiger partial charge in [0, 0.05) is 20.3 Å². The molecule has 2 amide bonds. The third-order valence-corrected chi connectivity index (χ3v) is 2.66. The van der Waals surface area contributed by atoms with Crippen molar-refractivity contribution in [1.29, 1.82) is 0 Å². The highest BCUT2D eigenvalue weighted by Crippen LogP contribution is 2.10. The normalized spacial score (nSPS) is 11.7. The molecule has 104 valence electrons. The van der Waals surface area contributed by atoms with Crippen LogP contribution in [0.15, 0.2) is 30.3 Å². The fourth-order valence-electron chi connectivity index (χ4n) is 1.59. The monoisotopic (exact) mass is 264 g/mol. The summed E-state index contributed by atoms with van der Waals surface area (Å²) in [5.74, 6) is -1.23. The molecule has 1 rings (SSSR count). The molecule has 0 spiro atoms. The van der Waals surface area contributed by atoms with Gasteiger partial charge in [0.1, 0.15) is 0 Å². The Morgan fingerprint density at radius 1 is 1.21 bits per heavy atom. The average Bonchev–Trinajstić information content (AvgIpc) is 2.44. The topological polar surface area (TPSA) is 67.4 Å². The number of nitrogens with one attached hydrogen (secondary N) is 2.